The molecule has 0 bridgehead atoms. The molecule has 1 aliphatic rings. The summed E-state index contributed by atoms with van der Waals surface area (Å²) in [6, 6.07) is 4.08. The number of aryl methyl sites for hydroxylation is 1. The number of rotatable bonds is 1. The fourth-order valence-electron chi connectivity index (χ4n) is 2.28. The van der Waals surface area contributed by atoms with Crippen LogP contribution < -0.4 is 4.74 Å². The summed E-state index contributed by atoms with van der Waals surface area (Å²) >= 11 is 0. The number of carbonyl (C=O) groups excluding carboxylic acids is 1. The van der Waals surface area contributed by atoms with Crippen LogP contribution in [0.4, 0.5) is 0 Å². The molecule has 0 aliphatic carbocycles. The predicted molar refractivity (Wildman–Crippen MR) is 68.9 cm³/mol. The van der Waals surface area contributed by atoms with Crippen molar-refractivity contribution < 1.29 is 9.53 Å². The van der Waals surface area contributed by atoms with Crippen LogP contribution in [-0.4, -0.2) is 11.9 Å². The van der Waals surface area contributed by atoms with Gasteiger partial charge in [0, 0.05) is 5.56 Å². The van der Waals surface area contributed by atoms with Gasteiger partial charge in [0.2, 0.25) is 5.78 Å². The lowest BCUT2D eigenvalue weighted by Gasteiger charge is -2.22. The van der Waals surface area contributed by atoms with E-state index in [-0.39, 0.29) is 17.3 Å². The van der Waals surface area contributed by atoms with Crippen molar-refractivity contribution in [3.63, 3.8) is 0 Å². The largest absolute Gasteiger partial charge is 0.481 e. The summed E-state index contributed by atoms with van der Waals surface area (Å²) in [5.74, 6) is 0.941. The third kappa shape index (κ3) is 1.97. The predicted octanol–water partition coefficient (Wildman–Crippen LogP) is 3.65. The molecule has 1 heterocycles. The van der Waals surface area contributed by atoms with E-state index in [0.29, 0.717) is 0 Å². The Morgan fingerprint density at radius 3 is 2.47 bits per heavy atom. The van der Waals surface area contributed by atoms with Gasteiger partial charge in [-0.15, -0.1) is 0 Å². The molecule has 2 heteroatoms. The van der Waals surface area contributed by atoms with Crippen molar-refractivity contribution in [2.45, 2.75) is 52.6 Å². The maximum Gasteiger partial charge on any atom is 0.207 e. The van der Waals surface area contributed by atoms with Crippen molar-refractivity contribution in [2.75, 3.05) is 0 Å². The number of Topliss-reactive ketones (excluding diaryl/α,β-unsaturated/α-hetero) is 1. The topological polar surface area (TPSA) is 26.3 Å². The molecule has 92 valence electrons. The second-order valence-electron chi connectivity index (χ2n) is 5.82. The number of ether oxygens (including phenoxy) is 1. The molecule has 0 saturated heterocycles. The number of ketones is 1. The quantitative estimate of drug-likeness (QED) is 0.738. The number of benzene rings is 1. The molecule has 0 saturated carbocycles. The number of hydrogen-bond donors (Lipinski definition) is 0. The highest BCUT2D eigenvalue weighted by Gasteiger charge is 2.35. The third-order valence-corrected chi connectivity index (χ3v) is 3.23. The smallest absolute Gasteiger partial charge is 0.207 e. The molecule has 0 radical (unpaired) electrons. The van der Waals surface area contributed by atoms with Crippen LogP contribution in [0.25, 0.3) is 0 Å². The highest BCUT2D eigenvalue weighted by atomic mass is 16.5. The molecule has 0 fully saturated rings. The van der Waals surface area contributed by atoms with Gasteiger partial charge in [-0.2, -0.15) is 0 Å². The molecule has 1 aromatic rings. The first-order valence-corrected chi connectivity index (χ1v) is 6.20. The zero-order valence-corrected chi connectivity index (χ0v) is 11.3. The minimum Gasteiger partial charge on any atom is -0.481 e. The van der Waals surface area contributed by atoms with E-state index in [0.717, 1.165) is 28.9 Å². The number of carbonyl (C=O) groups is 1. The Morgan fingerprint density at radius 1 is 1.29 bits per heavy atom. The van der Waals surface area contributed by atoms with Gasteiger partial charge in [-0.1, -0.05) is 33.8 Å². The molecule has 1 unspecified atom stereocenters. The monoisotopic (exact) mass is 232 g/mol. The van der Waals surface area contributed by atoms with Gasteiger partial charge in [0.1, 0.15) is 5.75 Å². The van der Waals surface area contributed by atoms with Crippen molar-refractivity contribution >= 4 is 5.78 Å². The maximum atomic E-state index is 12.1. The molecule has 0 amide bonds. The number of fused-ring (bicyclic) bond motifs is 1. The van der Waals surface area contributed by atoms with Crippen molar-refractivity contribution in [3.05, 3.63) is 28.8 Å². The number of hydrogen-bond acceptors (Lipinski definition) is 2. The van der Waals surface area contributed by atoms with Gasteiger partial charge >= 0.3 is 0 Å². The van der Waals surface area contributed by atoms with E-state index in [1.54, 1.807) is 0 Å². The van der Waals surface area contributed by atoms with E-state index in [1.165, 1.54) is 0 Å². The molecule has 0 aromatic heterocycles. The van der Waals surface area contributed by atoms with E-state index >= 15 is 0 Å². The molecular weight excluding hydrogens is 212 g/mol. The zero-order valence-electron chi connectivity index (χ0n) is 11.3. The van der Waals surface area contributed by atoms with E-state index < -0.39 is 0 Å². The average molecular weight is 232 g/mol. The lowest BCUT2D eigenvalue weighted by atomic mass is 9.84. The Balaban J connectivity index is 2.61. The van der Waals surface area contributed by atoms with Crippen LogP contribution in [0.1, 0.15) is 55.6 Å². The first-order chi connectivity index (χ1) is 7.84. The first-order valence-electron chi connectivity index (χ1n) is 6.20. The molecule has 1 aromatic carbocycles. The van der Waals surface area contributed by atoms with Crippen molar-refractivity contribution in [1.29, 1.82) is 0 Å². The summed E-state index contributed by atoms with van der Waals surface area (Å²) in [6.45, 7) is 10.5. The standard InChI is InChI=1S/C15H20O2/c1-6-12-13(16)10-7-9(2)8-11(14(10)17-12)15(3,4)5/h7-8,12H,6H2,1-5H3. The SMILES string of the molecule is CCC1Oc2c(cc(C)cc2C(C)(C)C)C1=O. The van der Waals surface area contributed by atoms with Crippen LogP contribution in [0.2, 0.25) is 0 Å². The molecule has 0 N–H and O–H groups in total. The van der Waals surface area contributed by atoms with Gasteiger partial charge in [0.25, 0.3) is 0 Å². The van der Waals surface area contributed by atoms with Gasteiger partial charge in [-0.25, -0.2) is 0 Å². The van der Waals surface area contributed by atoms with Crippen LogP contribution in [0.3, 0.4) is 0 Å². The third-order valence-electron chi connectivity index (χ3n) is 3.23. The van der Waals surface area contributed by atoms with Crippen LogP contribution in [0, 0.1) is 6.92 Å². The van der Waals surface area contributed by atoms with Gasteiger partial charge in [0.05, 0.1) is 5.56 Å². The molecule has 2 rings (SSSR count). The van der Waals surface area contributed by atoms with E-state index in [1.807, 2.05) is 19.9 Å². The Labute approximate surface area is 103 Å². The molecule has 17 heavy (non-hydrogen) atoms. The second-order valence-corrected chi connectivity index (χ2v) is 5.82. The van der Waals surface area contributed by atoms with E-state index in [2.05, 4.69) is 26.8 Å². The van der Waals surface area contributed by atoms with Gasteiger partial charge in [0.15, 0.2) is 6.10 Å². The Morgan fingerprint density at radius 2 is 1.94 bits per heavy atom. The van der Waals surface area contributed by atoms with Gasteiger partial charge < -0.3 is 4.74 Å². The Hall–Kier alpha value is -1.31. The Kier molecular flexibility index (Phi) is 2.76. The Bertz CT molecular complexity index is 467. The van der Waals surface area contributed by atoms with Crippen LogP contribution in [0.15, 0.2) is 12.1 Å². The summed E-state index contributed by atoms with van der Waals surface area (Å²) in [5, 5.41) is 0. The van der Waals surface area contributed by atoms with Crippen LogP contribution in [0.5, 0.6) is 5.75 Å². The summed E-state index contributed by atoms with van der Waals surface area (Å²) in [4.78, 5) is 12.1. The minimum absolute atomic E-state index is 0.000977. The van der Waals surface area contributed by atoms with Gasteiger partial charge in [-0.05, 0) is 30.4 Å². The van der Waals surface area contributed by atoms with Crippen LogP contribution >= 0.6 is 0 Å². The van der Waals surface area contributed by atoms with Crippen molar-refractivity contribution in [3.8, 4) is 5.75 Å². The molecular formula is C15H20O2. The summed E-state index contributed by atoms with van der Waals surface area (Å²) < 4.78 is 5.83. The summed E-state index contributed by atoms with van der Waals surface area (Å²) in [7, 11) is 0. The van der Waals surface area contributed by atoms with E-state index in [9.17, 15) is 4.79 Å². The molecule has 0 spiro atoms. The molecule has 1 aliphatic heterocycles. The highest BCUT2D eigenvalue weighted by molar-refractivity contribution is 6.05. The fourth-order valence-corrected chi connectivity index (χ4v) is 2.28. The summed E-state index contributed by atoms with van der Waals surface area (Å²) in [6.07, 6.45) is 0.448. The van der Waals surface area contributed by atoms with Crippen molar-refractivity contribution in [2.24, 2.45) is 0 Å². The van der Waals surface area contributed by atoms with Crippen molar-refractivity contribution in [1.82, 2.24) is 0 Å². The lowest BCUT2D eigenvalue weighted by Crippen LogP contribution is -2.19. The maximum absolute atomic E-state index is 12.1. The lowest BCUT2D eigenvalue weighted by molar-refractivity contribution is 0.0851. The first kappa shape index (κ1) is 12.2. The normalized spacial score (nSPS) is 19.1. The minimum atomic E-state index is -0.284. The fraction of sp³-hybridized carbons (Fsp3) is 0.533. The average Bonchev–Trinajstić information content (AvgIpc) is 2.54. The van der Waals surface area contributed by atoms with Gasteiger partial charge in [-0.3, -0.25) is 4.79 Å². The zero-order chi connectivity index (χ0) is 12.8. The molecule has 1 atom stereocenters. The van der Waals surface area contributed by atoms with E-state index in [4.69, 9.17) is 4.74 Å². The second kappa shape index (κ2) is 3.86. The van der Waals surface area contributed by atoms with Crippen LogP contribution in [-0.2, 0) is 5.41 Å². The molecule has 2 nitrogen and oxygen atoms in total. The highest BCUT2D eigenvalue weighted by Crippen LogP contribution is 2.40. The summed E-state index contributed by atoms with van der Waals surface area (Å²) in [5.41, 5.74) is 3.03.